The third-order valence-corrected chi connectivity index (χ3v) is 3.12. The molecule has 0 aliphatic carbocycles. The first-order valence-corrected chi connectivity index (χ1v) is 7.07. The Hall–Kier alpha value is -2.04. The van der Waals surface area contributed by atoms with E-state index in [0.717, 1.165) is 5.56 Å². The summed E-state index contributed by atoms with van der Waals surface area (Å²) in [5.41, 5.74) is 6.48. The molecule has 0 spiro atoms. The summed E-state index contributed by atoms with van der Waals surface area (Å²) in [5.74, 6) is 1.26. The van der Waals surface area contributed by atoms with E-state index in [1.54, 1.807) is 0 Å². The van der Waals surface area contributed by atoms with Crippen LogP contribution in [0.3, 0.4) is 0 Å². The molecular weight excluding hydrogens is 266 g/mol. The topological polar surface area (TPSA) is 64.7 Å². The van der Waals surface area contributed by atoms with Gasteiger partial charge >= 0.3 is 0 Å². The zero-order valence-corrected chi connectivity index (χ0v) is 12.1. The van der Waals surface area contributed by atoms with Crippen LogP contribution in [0, 0.1) is 0 Å². The van der Waals surface area contributed by atoms with E-state index in [9.17, 15) is 5.11 Å². The van der Waals surface area contributed by atoms with Crippen LogP contribution in [-0.2, 0) is 0 Å². The lowest BCUT2D eigenvalue weighted by atomic mass is 10.0. The molecule has 0 fully saturated rings. The van der Waals surface area contributed by atoms with Crippen molar-refractivity contribution in [2.75, 3.05) is 13.2 Å². The molecule has 0 radical (unpaired) electrons. The number of para-hydroxylation sites is 2. The van der Waals surface area contributed by atoms with Crippen LogP contribution < -0.4 is 15.2 Å². The summed E-state index contributed by atoms with van der Waals surface area (Å²) in [5, 5.41) is 10.2. The number of rotatable bonds is 7. The first-order chi connectivity index (χ1) is 10.3. The van der Waals surface area contributed by atoms with E-state index in [4.69, 9.17) is 15.2 Å². The normalized spacial score (nSPS) is 13.5. The van der Waals surface area contributed by atoms with Crippen LogP contribution in [0.25, 0.3) is 0 Å². The fourth-order valence-corrected chi connectivity index (χ4v) is 2.09. The number of hydrogen-bond acceptors (Lipinski definition) is 4. The molecule has 0 heterocycles. The van der Waals surface area contributed by atoms with Crippen LogP contribution in [0.4, 0.5) is 0 Å². The summed E-state index contributed by atoms with van der Waals surface area (Å²) in [7, 11) is 0. The smallest absolute Gasteiger partial charge is 0.162 e. The van der Waals surface area contributed by atoms with Crippen molar-refractivity contribution < 1.29 is 14.6 Å². The Morgan fingerprint density at radius 1 is 1.00 bits per heavy atom. The van der Waals surface area contributed by atoms with Gasteiger partial charge in [-0.3, -0.25) is 0 Å². The predicted molar refractivity (Wildman–Crippen MR) is 82.5 cm³/mol. The van der Waals surface area contributed by atoms with Crippen molar-refractivity contribution in [1.82, 2.24) is 0 Å². The van der Waals surface area contributed by atoms with E-state index in [0.29, 0.717) is 18.1 Å². The molecule has 2 rings (SSSR count). The number of benzene rings is 2. The number of aliphatic hydroxyl groups is 1. The highest BCUT2D eigenvalue weighted by Crippen LogP contribution is 2.32. The molecule has 0 saturated carbocycles. The maximum atomic E-state index is 10.2. The van der Waals surface area contributed by atoms with Crippen LogP contribution in [-0.4, -0.2) is 24.4 Å². The second kappa shape index (κ2) is 7.67. The molecule has 3 N–H and O–H groups in total. The molecule has 0 bridgehead atoms. The van der Waals surface area contributed by atoms with Crippen LogP contribution in [0.15, 0.2) is 54.6 Å². The minimum absolute atomic E-state index is 0.121. The molecule has 112 valence electrons. The zero-order valence-electron chi connectivity index (χ0n) is 12.1. The van der Waals surface area contributed by atoms with Gasteiger partial charge in [-0.2, -0.15) is 0 Å². The van der Waals surface area contributed by atoms with Crippen molar-refractivity contribution in [3.05, 3.63) is 60.2 Å². The third kappa shape index (κ3) is 3.97. The summed E-state index contributed by atoms with van der Waals surface area (Å²) < 4.78 is 11.5. The minimum atomic E-state index is -0.790. The maximum Gasteiger partial charge on any atom is 0.162 e. The minimum Gasteiger partial charge on any atom is -0.490 e. The fourth-order valence-electron chi connectivity index (χ4n) is 2.09. The molecule has 2 aromatic carbocycles. The summed E-state index contributed by atoms with van der Waals surface area (Å²) in [6, 6.07) is 17.0. The molecular formula is C17H21NO3. The number of hydrogen-bond donors (Lipinski definition) is 2. The van der Waals surface area contributed by atoms with Crippen molar-refractivity contribution >= 4 is 0 Å². The Bertz CT molecular complexity index is 545. The molecule has 0 aromatic heterocycles. The van der Waals surface area contributed by atoms with E-state index in [2.05, 4.69) is 0 Å². The van der Waals surface area contributed by atoms with Crippen LogP contribution in [0.5, 0.6) is 11.5 Å². The summed E-state index contributed by atoms with van der Waals surface area (Å²) in [4.78, 5) is 0. The van der Waals surface area contributed by atoms with Gasteiger partial charge in [0.1, 0.15) is 6.10 Å². The van der Waals surface area contributed by atoms with Crippen molar-refractivity contribution in [3.8, 4) is 11.5 Å². The lowest BCUT2D eigenvalue weighted by Crippen LogP contribution is -2.31. The van der Waals surface area contributed by atoms with Gasteiger partial charge in [-0.1, -0.05) is 42.5 Å². The molecule has 21 heavy (non-hydrogen) atoms. The van der Waals surface area contributed by atoms with Gasteiger partial charge in [0.25, 0.3) is 0 Å². The van der Waals surface area contributed by atoms with E-state index < -0.39 is 12.2 Å². The Morgan fingerprint density at radius 2 is 1.62 bits per heavy atom. The quantitative estimate of drug-likeness (QED) is 0.821. The predicted octanol–water partition coefficient (Wildman–Crippen LogP) is 2.52. The molecule has 0 aliphatic heterocycles. The second-order valence-electron chi connectivity index (χ2n) is 4.63. The first-order valence-electron chi connectivity index (χ1n) is 7.07. The Balaban J connectivity index is 2.27. The van der Waals surface area contributed by atoms with Gasteiger partial charge in [0.2, 0.25) is 0 Å². The van der Waals surface area contributed by atoms with E-state index in [1.807, 2.05) is 61.5 Å². The van der Waals surface area contributed by atoms with Gasteiger partial charge in [-0.05, 0) is 24.6 Å². The second-order valence-corrected chi connectivity index (χ2v) is 4.63. The van der Waals surface area contributed by atoms with Gasteiger partial charge in [0.05, 0.1) is 6.61 Å². The van der Waals surface area contributed by atoms with Gasteiger partial charge < -0.3 is 20.3 Å². The lowest BCUT2D eigenvalue weighted by Gasteiger charge is -2.24. The van der Waals surface area contributed by atoms with Crippen molar-refractivity contribution in [1.29, 1.82) is 0 Å². The number of aliphatic hydroxyl groups excluding tert-OH is 1. The zero-order chi connectivity index (χ0) is 15.1. The van der Waals surface area contributed by atoms with E-state index in [1.165, 1.54) is 0 Å². The average Bonchev–Trinajstić information content (AvgIpc) is 2.54. The number of nitrogens with two attached hydrogens (primary N) is 1. The third-order valence-electron chi connectivity index (χ3n) is 3.12. The summed E-state index contributed by atoms with van der Waals surface area (Å²) in [6.45, 7) is 2.59. The first kappa shape index (κ1) is 15.4. The van der Waals surface area contributed by atoms with Crippen LogP contribution in [0.2, 0.25) is 0 Å². The average molecular weight is 287 g/mol. The molecule has 2 aromatic rings. The standard InChI is InChI=1S/C17H21NO3/c1-2-20-15-10-6-7-11-16(15)21-17(14(19)12-18)13-8-4-3-5-9-13/h3-11,14,17,19H,2,12,18H2,1H3/t14-,17-/m1/s1. The number of ether oxygens (including phenoxy) is 2. The Kier molecular flexibility index (Phi) is 5.60. The molecule has 4 nitrogen and oxygen atoms in total. The van der Waals surface area contributed by atoms with Crippen molar-refractivity contribution in [3.63, 3.8) is 0 Å². The Morgan fingerprint density at radius 3 is 2.24 bits per heavy atom. The van der Waals surface area contributed by atoms with Crippen LogP contribution in [0.1, 0.15) is 18.6 Å². The molecule has 0 amide bonds. The highest BCUT2D eigenvalue weighted by atomic mass is 16.5. The fraction of sp³-hybridized carbons (Fsp3) is 0.294. The molecule has 0 unspecified atom stereocenters. The largest absolute Gasteiger partial charge is 0.490 e. The van der Waals surface area contributed by atoms with E-state index in [-0.39, 0.29) is 6.54 Å². The SMILES string of the molecule is CCOc1ccccc1O[C@H](c1ccccc1)[C@H](O)CN. The van der Waals surface area contributed by atoms with Gasteiger partial charge in [-0.15, -0.1) is 0 Å². The lowest BCUT2D eigenvalue weighted by molar-refractivity contribution is 0.0394. The molecule has 0 aliphatic rings. The van der Waals surface area contributed by atoms with Crippen molar-refractivity contribution in [2.24, 2.45) is 5.73 Å². The van der Waals surface area contributed by atoms with Crippen molar-refractivity contribution in [2.45, 2.75) is 19.1 Å². The van der Waals surface area contributed by atoms with Gasteiger partial charge in [-0.25, -0.2) is 0 Å². The van der Waals surface area contributed by atoms with Gasteiger partial charge in [0, 0.05) is 6.54 Å². The van der Waals surface area contributed by atoms with E-state index >= 15 is 0 Å². The monoisotopic (exact) mass is 287 g/mol. The molecule has 4 heteroatoms. The summed E-state index contributed by atoms with van der Waals surface area (Å²) in [6.07, 6.45) is -1.32. The Labute approximate surface area is 125 Å². The van der Waals surface area contributed by atoms with Crippen LogP contribution >= 0.6 is 0 Å². The maximum absolute atomic E-state index is 10.2. The molecule has 2 atom stereocenters. The highest BCUT2D eigenvalue weighted by molar-refractivity contribution is 5.40. The van der Waals surface area contributed by atoms with Gasteiger partial charge in [0.15, 0.2) is 17.6 Å². The molecule has 0 saturated heterocycles. The highest BCUT2D eigenvalue weighted by Gasteiger charge is 2.23. The summed E-state index contributed by atoms with van der Waals surface area (Å²) >= 11 is 0.